The number of alkyl halides is 3. The number of carboxylic acid groups (broad SMARTS) is 1. The second-order valence-electron chi connectivity index (χ2n) is 6.39. The van der Waals surface area contributed by atoms with Crippen LogP contribution in [0.25, 0.3) is 0 Å². The van der Waals surface area contributed by atoms with Crippen molar-refractivity contribution in [1.82, 2.24) is 15.1 Å². The van der Waals surface area contributed by atoms with Crippen molar-refractivity contribution in [2.24, 2.45) is 0 Å². The minimum atomic E-state index is -5.08. The Bertz CT molecular complexity index is 722. The Morgan fingerprint density at radius 3 is 2.33 bits per heavy atom. The molecule has 0 saturated carbocycles. The summed E-state index contributed by atoms with van der Waals surface area (Å²) in [7, 11) is 1.57. The fourth-order valence-electron chi connectivity index (χ4n) is 2.64. The minimum Gasteiger partial charge on any atom is -0.497 e. The number of hydrogen-bond donors (Lipinski definition) is 2. The van der Waals surface area contributed by atoms with Crippen LogP contribution in [0.2, 0.25) is 0 Å². The van der Waals surface area contributed by atoms with Gasteiger partial charge in [0.15, 0.2) is 0 Å². The summed E-state index contributed by atoms with van der Waals surface area (Å²) in [5, 5.41) is 10.3. The molecule has 1 aromatic rings. The first-order chi connectivity index (χ1) is 14.1. The molecule has 0 bridgehead atoms. The maximum absolute atomic E-state index is 12.7. The average Bonchev–Trinajstić information content (AvgIpc) is 2.73. The summed E-state index contributed by atoms with van der Waals surface area (Å²) in [6.45, 7) is 5.71. The number of halogens is 3. The Balaban J connectivity index is 0.000000553. The van der Waals surface area contributed by atoms with Gasteiger partial charge in [-0.05, 0) is 24.6 Å². The van der Waals surface area contributed by atoms with Crippen LogP contribution < -0.4 is 10.1 Å². The number of carboxylic acids is 1. The van der Waals surface area contributed by atoms with E-state index in [-0.39, 0.29) is 18.4 Å². The quantitative estimate of drug-likeness (QED) is 0.707. The Labute approximate surface area is 172 Å². The molecule has 1 heterocycles. The van der Waals surface area contributed by atoms with E-state index in [1.165, 1.54) is 0 Å². The van der Waals surface area contributed by atoms with Crippen molar-refractivity contribution in [3.05, 3.63) is 29.8 Å². The number of piperazine rings is 1. The zero-order valence-corrected chi connectivity index (χ0v) is 16.9. The molecule has 1 aliphatic heterocycles. The minimum absolute atomic E-state index is 0.0104. The molecule has 30 heavy (non-hydrogen) atoms. The molecule has 168 valence electrons. The highest BCUT2D eigenvalue weighted by molar-refractivity contribution is 5.96. The summed E-state index contributed by atoms with van der Waals surface area (Å²) in [6.07, 6.45) is -4.27. The van der Waals surface area contributed by atoms with Crippen molar-refractivity contribution < 1.29 is 37.4 Å². The van der Waals surface area contributed by atoms with Crippen molar-refractivity contribution in [3.63, 3.8) is 0 Å². The van der Waals surface area contributed by atoms with Gasteiger partial charge in [-0.1, -0.05) is 13.0 Å². The summed E-state index contributed by atoms with van der Waals surface area (Å²) in [5.74, 6) is -2.24. The van der Waals surface area contributed by atoms with Crippen LogP contribution in [0.15, 0.2) is 24.3 Å². The van der Waals surface area contributed by atoms with Gasteiger partial charge in [0, 0.05) is 38.3 Å². The summed E-state index contributed by atoms with van der Waals surface area (Å²) >= 11 is 0. The van der Waals surface area contributed by atoms with E-state index in [1.807, 2.05) is 11.8 Å². The van der Waals surface area contributed by atoms with Crippen LogP contribution in [0.1, 0.15) is 23.7 Å². The lowest BCUT2D eigenvalue weighted by molar-refractivity contribution is -0.192. The van der Waals surface area contributed by atoms with E-state index in [4.69, 9.17) is 14.6 Å². The van der Waals surface area contributed by atoms with Crippen LogP contribution >= 0.6 is 0 Å². The highest BCUT2D eigenvalue weighted by atomic mass is 19.4. The van der Waals surface area contributed by atoms with Crippen LogP contribution in [0.4, 0.5) is 13.2 Å². The summed E-state index contributed by atoms with van der Waals surface area (Å²) < 4.78 is 36.9. The molecule has 0 aliphatic carbocycles. The maximum atomic E-state index is 12.7. The van der Waals surface area contributed by atoms with Crippen LogP contribution in [0.3, 0.4) is 0 Å². The SMILES string of the molecule is CCCN(CC(=O)N1CCNCC1)C(=O)c1cccc(OC)c1.O=C(O)C(F)(F)F. The number of nitrogens with zero attached hydrogens (tertiary/aromatic N) is 2. The van der Waals surface area contributed by atoms with Gasteiger partial charge in [-0.3, -0.25) is 9.59 Å². The van der Waals surface area contributed by atoms with Crippen molar-refractivity contribution >= 4 is 17.8 Å². The number of aliphatic carboxylic acids is 1. The van der Waals surface area contributed by atoms with E-state index in [2.05, 4.69) is 5.32 Å². The third-order valence-corrected chi connectivity index (χ3v) is 4.14. The van der Waals surface area contributed by atoms with Gasteiger partial charge in [-0.25, -0.2) is 4.79 Å². The molecule has 2 rings (SSSR count). The van der Waals surface area contributed by atoms with E-state index in [0.29, 0.717) is 30.9 Å². The third-order valence-electron chi connectivity index (χ3n) is 4.14. The lowest BCUT2D eigenvalue weighted by atomic mass is 10.1. The summed E-state index contributed by atoms with van der Waals surface area (Å²) in [4.78, 5) is 37.5. The zero-order valence-electron chi connectivity index (χ0n) is 16.9. The Morgan fingerprint density at radius 1 is 1.23 bits per heavy atom. The predicted octanol–water partition coefficient (Wildman–Crippen LogP) is 1.61. The Kier molecular flexibility index (Phi) is 10.1. The molecule has 0 radical (unpaired) electrons. The van der Waals surface area contributed by atoms with Crippen molar-refractivity contribution in [1.29, 1.82) is 0 Å². The lowest BCUT2D eigenvalue weighted by Crippen LogP contribution is -2.50. The standard InChI is InChI=1S/C17H25N3O3.C2HF3O2/c1-3-9-20(13-16(21)19-10-7-18-8-11-19)17(22)14-5-4-6-15(12-14)23-2;3-2(4,5)1(6)7/h4-6,12,18H,3,7-11,13H2,1-2H3;(H,6,7). The van der Waals surface area contributed by atoms with Crippen molar-refractivity contribution in [2.75, 3.05) is 46.4 Å². The number of nitrogens with one attached hydrogen (secondary N) is 1. The van der Waals surface area contributed by atoms with E-state index in [9.17, 15) is 22.8 Å². The van der Waals surface area contributed by atoms with E-state index >= 15 is 0 Å². The molecular weight excluding hydrogens is 407 g/mol. The molecule has 1 aliphatic rings. The van der Waals surface area contributed by atoms with Gasteiger partial charge in [0.05, 0.1) is 7.11 Å². The smallest absolute Gasteiger partial charge is 0.490 e. The number of hydrogen-bond acceptors (Lipinski definition) is 5. The van der Waals surface area contributed by atoms with Gasteiger partial charge in [-0.15, -0.1) is 0 Å². The highest BCUT2D eigenvalue weighted by Crippen LogP contribution is 2.15. The largest absolute Gasteiger partial charge is 0.497 e. The van der Waals surface area contributed by atoms with Gasteiger partial charge in [0.25, 0.3) is 5.91 Å². The van der Waals surface area contributed by atoms with Crippen LogP contribution in [-0.4, -0.2) is 85.2 Å². The van der Waals surface area contributed by atoms with E-state index < -0.39 is 12.1 Å². The van der Waals surface area contributed by atoms with Gasteiger partial charge in [-0.2, -0.15) is 13.2 Å². The molecule has 0 atom stereocenters. The normalized spacial score (nSPS) is 13.7. The Hall–Kier alpha value is -2.82. The number of carbonyl (C=O) groups is 3. The van der Waals surface area contributed by atoms with E-state index in [1.54, 1.807) is 36.3 Å². The number of rotatable bonds is 6. The second kappa shape index (κ2) is 12.0. The molecule has 2 amide bonds. The fourth-order valence-corrected chi connectivity index (χ4v) is 2.64. The summed E-state index contributed by atoms with van der Waals surface area (Å²) in [6, 6.07) is 7.05. The highest BCUT2D eigenvalue weighted by Gasteiger charge is 2.38. The van der Waals surface area contributed by atoms with Crippen molar-refractivity contribution in [3.8, 4) is 5.75 Å². The predicted molar refractivity (Wildman–Crippen MR) is 102 cm³/mol. The molecule has 8 nitrogen and oxygen atoms in total. The number of carbonyl (C=O) groups excluding carboxylic acids is 2. The van der Waals surface area contributed by atoms with Gasteiger partial charge in [0.1, 0.15) is 12.3 Å². The zero-order chi connectivity index (χ0) is 22.7. The molecule has 1 aromatic carbocycles. The fraction of sp³-hybridized carbons (Fsp3) is 0.526. The molecular formula is C19H26F3N3O5. The molecule has 0 unspecified atom stereocenters. The molecule has 1 fully saturated rings. The first-order valence-electron chi connectivity index (χ1n) is 9.32. The monoisotopic (exact) mass is 433 g/mol. The number of ether oxygens (including phenoxy) is 1. The second-order valence-corrected chi connectivity index (χ2v) is 6.39. The molecule has 11 heteroatoms. The first kappa shape index (κ1) is 25.2. The van der Waals surface area contributed by atoms with Gasteiger partial charge >= 0.3 is 12.1 Å². The van der Waals surface area contributed by atoms with Gasteiger partial charge in [0.2, 0.25) is 5.91 Å². The lowest BCUT2D eigenvalue weighted by Gasteiger charge is -2.30. The van der Waals surface area contributed by atoms with E-state index in [0.717, 1.165) is 19.5 Å². The van der Waals surface area contributed by atoms with Crippen molar-refractivity contribution in [2.45, 2.75) is 19.5 Å². The first-order valence-corrected chi connectivity index (χ1v) is 9.32. The average molecular weight is 433 g/mol. The molecule has 1 saturated heterocycles. The Morgan fingerprint density at radius 2 is 1.83 bits per heavy atom. The summed E-state index contributed by atoms with van der Waals surface area (Å²) in [5.41, 5.74) is 0.547. The molecule has 0 aromatic heterocycles. The number of amides is 2. The third kappa shape index (κ3) is 8.27. The molecule has 0 spiro atoms. The van der Waals surface area contributed by atoms with Crippen LogP contribution in [0, 0.1) is 0 Å². The number of benzene rings is 1. The topological polar surface area (TPSA) is 99.2 Å². The van der Waals surface area contributed by atoms with Gasteiger partial charge < -0.3 is 25.0 Å². The molecule has 2 N–H and O–H groups in total. The van der Waals surface area contributed by atoms with Crippen LogP contribution in [0.5, 0.6) is 5.75 Å². The number of methoxy groups -OCH3 is 1. The van der Waals surface area contributed by atoms with Crippen LogP contribution in [-0.2, 0) is 9.59 Å². The maximum Gasteiger partial charge on any atom is 0.490 e.